The molecule has 0 spiro atoms. The second-order valence-electron chi connectivity index (χ2n) is 4.92. The van der Waals surface area contributed by atoms with Crippen LogP contribution >= 0.6 is 0 Å². The second-order valence-corrected chi connectivity index (χ2v) is 4.92. The molecule has 0 aliphatic heterocycles. The Bertz CT molecular complexity index is 472. The number of non-ortho nitro benzene ring substituents is 1. The minimum absolute atomic E-state index is 0.00213. The van der Waals surface area contributed by atoms with Gasteiger partial charge in [0.25, 0.3) is 5.69 Å². The van der Waals surface area contributed by atoms with Gasteiger partial charge in [-0.05, 0) is 19.8 Å². The molecule has 2 rings (SSSR count). The standard InChI is InChI=1S/C13H18N2O4/c1-2-19-12-6-10(5-11(7-12)15(17)18)14-8-13(9-16)3-4-13/h5-7,14,16H,2-4,8-9H2,1H3. The zero-order valence-corrected chi connectivity index (χ0v) is 10.9. The number of nitro groups is 1. The Hall–Kier alpha value is -1.82. The van der Waals surface area contributed by atoms with Gasteiger partial charge in [-0.3, -0.25) is 10.1 Å². The van der Waals surface area contributed by atoms with Gasteiger partial charge >= 0.3 is 0 Å². The largest absolute Gasteiger partial charge is 0.494 e. The SMILES string of the molecule is CCOc1cc(NCC2(CO)CC2)cc([N+](=O)[O-])c1. The first-order valence-corrected chi connectivity index (χ1v) is 6.35. The molecule has 104 valence electrons. The summed E-state index contributed by atoms with van der Waals surface area (Å²) >= 11 is 0. The van der Waals surface area contributed by atoms with E-state index in [-0.39, 0.29) is 17.7 Å². The number of aliphatic hydroxyl groups is 1. The molecule has 1 saturated carbocycles. The van der Waals surface area contributed by atoms with E-state index in [2.05, 4.69) is 5.32 Å². The van der Waals surface area contributed by atoms with Crippen LogP contribution in [0.25, 0.3) is 0 Å². The highest BCUT2D eigenvalue weighted by Gasteiger charge is 2.41. The number of aliphatic hydroxyl groups excluding tert-OH is 1. The van der Waals surface area contributed by atoms with Crippen LogP contribution in [-0.4, -0.2) is 29.8 Å². The Morgan fingerprint density at radius 3 is 2.74 bits per heavy atom. The number of nitrogens with zero attached hydrogens (tertiary/aromatic N) is 1. The predicted molar refractivity (Wildman–Crippen MR) is 71.5 cm³/mol. The van der Waals surface area contributed by atoms with E-state index in [0.29, 0.717) is 24.6 Å². The van der Waals surface area contributed by atoms with Crippen LogP contribution in [-0.2, 0) is 0 Å². The summed E-state index contributed by atoms with van der Waals surface area (Å²) in [5.74, 6) is 0.480. The average molecular weight is 266 g/mol. The molecule has 2 N–H and O–H groups in total. The lowest BCUT2D eigenvalue weighted by Crippen LogP contribution is -2.19. The predicted octanol–water partition coefficient (Wildman–Crippen LogP) is 2.18. The third-order valence-electron chi connectivity index (χ3n) is 3.37. The smallest absolute Gasteiger partial charge is 0.275 e. The van der Waals surface area contributed by atoms with E-state index in [1.807, 2.05) is 6.92 Å². The van der Waals surface area contributed by atoms with Gasteiger partial charge < -0.3 is 15.2 Å². The number of ether oxygens (including phenoxy) is 1. The lowest BCUT2D eigenvalue weighted by atomic mass is 10.1. The minimum Gasteiger partial charge on any atom is -0.494 e. The molecule has 0 saturated heterocycles. The van der Waals surface area contributed by atoms with Crippen LogP contribution in [0.3, 0.4) is 0 Å². The van der Waals surface area contributed by atoms with Gasteiger partial charge in [0, 0.05) is 29.8 Å². The van der Waals surface area contributed by atoms with Gasteiger partial charge in [0.2, 0.25) is 0 Å². The maximum Gasteiger partial charge on any atom is 0.275 e. The van der Waals surface area contributed by atoms with Crippen LogP contribution in [0.5, 0.6) is 5.75 Å². The Balaban J connectivity index is 2.11. The zero-order chi connectivity index (χ0) is 13.9. The quantitative estimate of drug-likeness (QED) is 0.583. The summed E-state index contributed by atoms with van der Waals surface area (Å²) in [7, 11) is 0. The normalized spacial score (nSPS) is 15.9. The highest BCUT2D eigenvalue weighted by molar-refractivity contribution is 5.56. The highest BCUT2D eigenvalue weighted by Crippen LogP contribution is 2.45. The molecule has 1 fully saturated rings. The van der Waals surface area contributed by atoms with Crippen LogP contribution < -0.4 is 10.1 Å². The van der Waals surface area contributed by atoms with E-state index >= 15 is 0 Å². The van der Waals surface area contributed by atoms with Gasteiger partial charge in [0.1, 0.15) is 5.75 Å². The van der Waals surface area contributed by atoms with Gasteiger partial charge in [0.05, 0.1) is 24.2 Å². The summed E-state index contributed by atoms with van der Waals surface area (Å²) in [6, 6.07) is 4.63. The summed E-state index contributed by atoms with van der Waals surface area (Å²) in [5, 5.41) is 23.3. The molecule has 6 nitrogen and oxygen atoms in total. The monoisotopic (exact) mass is 266 g/mol. The molecule has 0 amide bonds. The maximum absolute atomic E-state index is 10.9. The average Bonchev–Trinajstić information content (AvgIpc) is 3.17. The number of rotatable bonds is 7. The molecule has 0 unspecified atom stereocenters. The summed E-state index contributed by atoms with van der Waals surface area (Å²) in [6.45, 7) is 3.06. The molecule has 1 aromatic rings. The van der Waals surface area contributed by atoms with Crippen molar-refractivity contribution in [2.24, 2.45) is 5.41 Å². The van der Waals surface area contributed by atoms with Crippen molar-refractivity contribution in [3.8, 4) is 5.75 Å². The van der Waals surface area contributed by atoms with Crippen molar-refractivity contribution in [1.29, 1.82) is 0 Å². The Kier molecular flexibility index (Phi) is 3.90. The zero-order valence-electron chi connectivity index (χ0n) is 10.9. The van der Waals surface area contributed by atoms with Crippen LogP contribution in [0.15, 0.2) is 18.2 Å². The van der Waals surface area contributed by atoms with E-state index in [9.17, 15) is 15.2 Å². The third-order valence-corrected chi connectivity index (χ3v) is 3.37. The molecule has 19 heavy (non-hydrogen) atoms. The molecule has 1 aliphatic rings. The van der Waals surface area contributed by atoms with Crippen molar-refractivity contribution in [3.05, 3.63) is 28.3 Å². The second kappa shape index (κ2) is 5.44. The molecule has 0 atom stereocenters. The maximum atomic E-state index is 10.9. The third kappa shape index (κ3) is 3.35. The number of anilines is 1. The summed E-state index contributed by atoms with van der Waals surface area (Å²) in [4.78, 5) is 10.4. The molecule has 1 aromatic carbocycles. The Labute approximate surface area is 111 Å². The van der Waals surface area contributed by atoms with Crippen molar-refractivity contribution < 1.29 is 14.8 Å². The number of hydrogen-bond donors (Lipinski definition) is 2. The minimum atomic E-state index is -0.438. The van der Waals surface area contributed by atoms with E-state index < -0.39 is 4.92 Å². The Morgan fingerprint density at radius 1 is 1.47 bits per heavy atom. The van der Waals surface area contributed by atoms with Gasteiger partial charge in [-0.15, -0.1) is 0 Å². The molecular formula is C13H18N2O4. The summed E-state index contributed by atoms with van der Waals surface area (Å²) < 4.78 is 5.32. The fraction of sp³-hybridized carbons (Fsp3) is 0.538. The van der Waals surface area contributed by atoms with Gasteiger partial charge in [-0.1, -0.05) is 0 Å². The van der Waals surface area contributed by atoms with Gasteiger partial charge in [0.15, 0.2) is 0 Å². The van der Waals surface area contributed by atoms with E-state index in [1.54, 1.807) is 6.07 Å². The molecule has 0 bridgehead atoms. The first-order chi connectivity index (χ1) is 9.08. The fourth-order valence-electron chi connectivity index (χ4n) is 1.90. The van der Waals surface area contributed by atoms with Crippen molar-refractivity contribution in [3.63, 3.8) is 0 Å². The van der Waals surface area contributed by atoms with E-state index in [0.717, 1.165) is 12.8 Å². The summed E-state index contributed by atoms with van der Waals surface area (Å²) in [6.07, 6.45) is 1.98. The first kappa shape index (κ1) is 13.6. The molecule has 0 heterocycles. The van der Waals surface area contributed by atoms with Crippen LogP contribution in [0, 0.1) is 15.5 Å². The molecule has 6 heteroatoms. The van der Waals surface area contributed by atoms with Gasteiger partial charge in [-0.25, -0.2) is 0 Å². The molecular weight excluding hydrogens is 248 g/mol. The van der Waals surface area contributed by atoms with Crippen LogP contribution in [0.4, 0.5) is 11.4 Å². The van der Waals surface area contributed by atoms with Crippen molar-refractivity contribution in [1.82, 2.24) is 0 Å². The first-order valence-electron chi connectivity index (χ1n) is 6.35. The lowest BCUT2D eigenvalue weighted by molar-refractivity contribution is -0.384. The highest BCUT2D eigenvalue weighted by atomic mass is 16.6. The number of nitrogens with one attached hydrogen (secondary N) is 1. The molecule has 0 radical (unpaired) electrons. The van der Waals surface area contributed by atoms with E-state index in [1.165, 1.54) is 12.1 Å². The van der Waals surface area contributed by atoms with E-state index in [4.69, 9.17) is 4.74 Å². The summed E-state index contributed by atoms with van der Waals surface area (Å²) in [5.41, 5.74) is 0.607. The number of nitro benzene ring substituents is 1. The lowest BCUT2D eigenvalue weighted by Gasteiger charge is -2.14. The molecule has 1 aliphatic carbocycles. The topological polar surface area (TPSA) is 84.6 Å². The van der Waals surface area contributed by atoms with Crippen LogP contribution in [0.2, 0.25) is 0 Å². The number of hydrogen-bond acceptors (Lipinski definition) is 5. The van der Waals surface area contributed by atoms with Crippen molar-refractivity contribution in [2.75, 3.05) is 25.1 Å². The van der Waals surface area contributed by atoms with Gasteiger partial charge in [-0.2, -0.15) is 0 Å². The van der Waals surface area contributed by atoms with Crippen molar-refractivity contribution in [2.45, 2.75) is 19.8 Å². The molecule has 0 aromatic heterocycles. The van der Waals surface area contributed by atoms with Crippen LogP contribution in [0.1, 0.15) is 19.8 Å². The van der Waals surface area contributed by atoms with Crippen molar-refractivity contribution >= 4 is 11.4 Å². The Morgan fingerprint density at radius 2 is 2.21 bits per heavy atom. The fourth-order valence-corrected chi connectivity index (χ4v) is 1.90. The number of benzene rings is 1.